The van der Waals surface area contributed by atoms with Crippen LogP contribution in [0.2, 0.25) is 0 Å². The average molecular weight is 1980 g/mol. The lowest BCUT2D eigenvalue weighted by Crippen LogP contribution is -2.42. The first-order valence-electron chi connectivity index (χ1n) is 40.9. The highest BCUT2D eigenvalue weighted by molar-refractivity contribution is 14.1. The Labute approximate surface area is 747 Å². The van der Waals surface area contributed by atoms with E-state index >= 15 is 0 Å². The van der Waals surface area contributed by atoms with Gasteiger partial charge in [-0.15, -0.1) is 22.7 Å². The van der Waals surface area contributed by atoms with E-state index in [-0.39, 0.29) is 127 Å². The predicted molar refractivity (Wildman–Crippen MR) is 480 cm³/mol. The van der Waals surface area contributed by atoms with Crippen LogP contribution in [0.1, 0.15) is 179 Å². The van der Waals surface area contributed by atoms with E-state index in [1.54, 1.807) is 18.2 Å². The van der Waals surface area contributed by atoms with Gasteiger partial charge in [-0.05, 0) is 101 Å². The van der Waals surface area contributed by atoms with Gasteiger partial charge in [-0.2, -0.15) is 23.5 Å². The van der Waals surface area contributed by atoms with Crippen LogP contribution in [0.15, 0.2) is 79.5 Å². The van der Waals surface area contributed by atoms with Crippen LogP contribution < -0.4 is 53.6 Å². The summed E-state index contributed by atoms with van der Waals surface area (Å²) in [5, 5.41) is 33.0. The minimum Gasteiger partial charge on any atom is -0.462 e. The number of nitrogens with two attached hydrogens (primary N) is 1. The molecule has 6 aliphatic rings. The van der Waals surface area contributed by atoms with E-state index in [1.807, 2.05) is 130 Å². The minimum absolute atomic E-state index is 0.00295. The number of rotatable bonds is 34. The van der Waals surface area contributed by atoms with Crippen LogP contribution in [0, 0.1) is 0 Å². The van der Waals surface area contributed by atoms with Gasteiger partial charge in [0.25, 0.3) is 0 Å². The van der Waals surface area contributed by atoms with Gasteiger partial charge >= 0.3 is 35.9 Å². The molecule has 0 spiro atoms. The first kappa shape index (κ1) is 102. The zero-order valence-corrected chi connectivity index (χ0v) is 78.2. The van der Waals surface area contributed by atoms with Crippen LogP contribution in [0.25, 0.3) is 0 Å². The number of allylic oxidation sites excluding steroid dienone is 6. The molecule has 664 valence electrons. The fraction of sp³-hybridized carbons (Fsp3) is 0.659. The summed E-state index contributed by atoms with van der Waals surface area (Å²) in [7, 11) is 0. The molecular formula is C82H123Br2IN12O18S4. The number of alkyl halides is 1. The number of unbranched alkanes of at least 4 members (excludes halogenated alkanes) is 2. The third kappa shape index (κ3) is 43.4. The summed E-state index contributed by atoms with van der Waals surface area (Å²) < 4.78 is 46.6. The summed E-state index contributed by atoms with van der Waals surface area (Å²) in [5.74, 6) is 0.250. The Kier molecular flexibility index (Phi) is 49.3. The number of cyclic esters (lactones) is 4. The molecule has 119 heavy (non-hydrogen) atoms. The van der Waals surface area contributed by atoms with E-state index in [9.17, 15) is 47.9 Å². The van der Waals surface area contributed by atoms with Crippen molar-refractivity contribution in [2.24, 2.45) is 5.73 Å². The number of carbonyl (C=O) groups excluding carboxylic acids is 10. The lowest BCUT2D eigenvalue weighted by molar-refractivity contribution is -0.149. The molecule has 30 nitrogen and oxygen atoms in total. The standard InChI is InChI=1S/C41H61BrN6O9S2.C23H31BrN2O4S.C18H31IN4O5S/c1-26-8-7-11-38(51)57-31(20-28(3)42)22-37-46-32(24-59-37)27(2)19-30(21-39(52)56-29(4)18-26)45-23-36(50)44-13-15-55-17-16-54-14-12-43-35(49)10-6-5-9-34-40-33(25-58-34)47-41(53)48-40;1-14-6-5-7-22(27)30-19(10-16(3)24)12-21-26-20(13-31-21)15(2)9-18(25)11-23(28)29-17(4)8-14;19-11-16(25)21-6-8-28-10-9-27-7-5-20-15(24)4-2-1-3-14-17-13(12-29-14)22-18(26)23-17/h7-8,11,20,24,27,29-31,33-34,40,45H,5-6,9-10,12-19,21-23,25H2,1-4H3,(H,43,49)(H,44,50)(H2,47,48,53);5-7,10,13,15,17-19H,8-9,11-12,25H2,1-4H3;13-14,17H,1-12H2,(H,20,24)(H,21,25)(H2,22,23,26)/b11-7-,26-8+,28-20+;7-5-,14-6+,16-10+;/t27-,29-,30+,31+,33-,34-,40-;15-,17-,18+,19+;13-,14-,17-/m000/s1. The van der Waals surface area contributed by atoms with Gasteiger partial charge in [0, 0.05) is 134 Å². The third-order valence-corrected chi connectivity index (χ3v) is 25.4. The summed E-state index contributed by atoms with van der Waals surface area (Å²) in [5.41, 5.74) is 9.92. The normalized spacial score (nSPS) is 26.8. The van der Waals surface area contributed by atoms with Crippen molar-refractivity contribution in [3.63, 3.8) is 0 Å². The maximum absolute atomic E-state index is 13.1. The summed E-state index contributed by atoms with van der Waals surface area (Å²) >= 11 is 15.7. The quantitative estimate of drug-likeness (QED) is 0.00777. The zero-order valence-electron chi connectivity index (χ0n) is 69.6. The largest absolute Gasteiger partial charge is 0.462 e. The lowest BCUT2D eigenvalue weighted by atomic mass is 9.97. The Morgan fingerprint density at radius 2 is 0.958 bits per heavy atom. The second-order valence-corrected chi connectivity index (χ2v) is 37.9. The number of aromatic nitrogens is 2. The molecular weight excluding hydrogens is 1860 g/mol. The molecule has 4 fully saturated rings. The number of halogens is 3. The molecule has 11 N–H and O–H groups in total. The van der Waals surface area contributed by atoms with Crippen LogP contribution in [0.5, 0.6) is 0 Å². The monoisotopic (exact) mass is 1980 g/mol. The average Bonchev–Trinajstić information content (AvgIpc) is 1.67. The molecule has 4 saturated heterocycles. The van der Waals surface area contributed by atoms with Crippen molar-refractivity contribution in [3.05, 3.63) is 101 Å². The van der Waals surface area contributed by atoms with Crippen LogP contribution in [-0.2, 0) is 89.1 Å². The second-order valence-electron chi connectivity index (χ2n) is 30.2. The highest BCUT2D eigenvalue weighted by Crippen LogP contribution is 2.35. The van der Waals surface area contributed by atoms with E-state index < -0.39 is 24.1 Å². The minimum atomic E-state index is -0.503. The van der Waals surface area contributed by atoms with Crippen LogP contribution in [-0.4, -0.2) is 242 Å². The van der Waals surface area contributed by atoms with E-state index in [2.05, 4.69) is 79.7 Å². The van der Waals surface area contributed by atoms with Gasteiger partial charge in [-0.25, -0.2) is 29.1 Å². The van der Waals surface area contributed by atoms with Crippen molar-refractivity contribution in [1.82, 2.24) is 57.8 Å². The summed E-state index contributed by atoms with van der Waals surface area (Å²) in [6.45, 7) is 20.3. The lowest BCUT2D eigenvalue weighted by Gasteiger charge is -2.22. The van der Waals surface area contributed by atoms with Gasteiger partial charge in [0.15, 0.2) is 0 Å². The molecule has 2 aromatic rings. The fourth-order valence-electron chi connectivity index (χ4n) is 13.7. The molecule has 0 saturated carbocycles. The van der Waals surface area contributed by atoms with Gasteiger partial charge in [0.1, 0.15) is 24.4 Å². The van der Waals surface area contributed by atoms with E-state index in [0.717, 1.165) is 91.5 Å². The number of thioether (sulfide) groups is 2. The maximum atomic E-state index is 13.1. The SMILES string of the molecule is C/C(Br)=C\[C@@H]1Cc2nc(cs2)[C@@H](C)C[C@@H](N)CC(=O)O[C@@H](C)C/C(C)=C/C=C\C(=O)O1.C/C(Br)=C\[C@@H]1Cc2nc(cs2)[C@@H](C)C[C@@H](NCC(=O)NCCOCCOCCNC(=O)CCCC[C@@H]2SC[C@@H]3NC(=O)N[C@@H]32)CC(=O)O[C@@H](C)C/C(C)=C/C=C\C(=O)O1.O=C(CI)NCCOCCOCCNC(=O)CCCC[C@@H]1SC[C@@H]2NC(=O)N[C@@H]21. The molecule has 4 bridgehead atoms. The zero-order chi connectivity index (χ0) is 86.4. The number of fused-ring (bicyclic) bond motifs is 6. The highest BCUT2D eigenvalue weighted by atomic mass is 127. The molecule has 37 heteroatoms. The number of thiazole rings is 2. The number of hydrogen-bond acceptors (Lipinski definition) is 26. The highest BCUT2D eigenvalue weighted by Gasteiger charge is 2.44. The Hall–Kier alpha value is -5.85. The van der Waals surface area contributed by atoms with Gasteiger partial charge in [-0.3, -0.25) is 28.8 Å². The first-order chi connectivity index (χ1) is 57.1. The second kappa shape index (κ2) is 57.6. The molecule has 0 aliphatic carbocycles. The number of urea groups is 2. The Morgan fingerprint density at radius 3 is 1.39 bits per heavy atom. The molecule has 0 aromatic carbocycles. The number of esters is 4. The number of amides is 8. The van der Waals surface area contributed by atoms with Gasteiger partial charge in [0.05, 0.1) is 122 Å². The Balaban J connectivity index is 0.000000307. The fourth-order valence-corrected chi connectivity index (χ4v) is 19.5. The maximum Gasteiger partial charge on any atom is 0.331 e. The van der Waals surface area contributed by atoms with Gasteiger partial charge in [0.2, 0.25) is 23.6 Å². The van der Waals surface area contributed by atoms with Crippen molar-refractivity contribution in [3.8, 4) is 0 Å². The predicted octanol–water partition coefficient (Wildman–Crippen LogP) is 9.93. The summed E-state index contributed by atoms with van der Waals surface area (Å²) in [4.78, 5) is 130. The van der Waals surface area contributed by atoms with Crippen LogP contribution >= 0.6 is 101 Å². The first-order valence-corrected chi connectivity index (χ1v) is 47.9. The van der Waals surface area contributed by atoms with Crippen molar-refractivity contribution in [2.75, 3.05) is 102 Å². The topological polar surface area (TPSA) is 405 Å². The Bertz CT molecular complexity index is 3730. The van der Waals surface area contributed by atoms with Crippen molar-refractivity contribution < 1.29 is 85.8 Å². The number of carbonyl (C=O) groups is 10. The van der Waals surface area contributed by atoms with E-state index in [4.69, 9.17) is 53.6 Å². The molecule has 8 heterocycles. The number of nitrogens with one attached hydrogen (secondary N) is 9. The van der Waals surface area contributed by atoms with E-state index in [0.29, 0.717) is 145 Å². The van der Waals surface area contributed by atoms with Crippen molar-refractivity contribution in [2.45, 2.75) is 241 Å². The molecule has 8 rings (SSSR count). The molecule has 8 amide bonds. The molecule has 2 aromatic heterocycles. The summed E-state index contributed by atoms with van der Waals surface area (Å²) in [6, 6.07) is 0.124. The van der Waals surface area contributed by atoms with Crippen LogP contribution in [0.4, 0.5) is 9.59 Å². The van der Waals surface area contributed by atoms with E-state index in [1.165, 1.54) is 34.8 Å². The van der Waals surface area contributed by atoms with Crippen LogP contribution in [0.3, 0.4) is 0 Å². The van der Waals surface area contributed by atoms with Crippen molar-refractivity contribution >= 4 is 160 Å². The van der Waals surface area contributed by atoms with Gasteiger partial charge < -0.3 is 91.5 Å². The number of nitrogens with zero attached hydrogens (tertiary/aromatic N) is 2. The number of hydrogen-bond donors (Lipinski definition) is 10. The Morgan fingerprint density at radius 1 is 0.546 bits per heavy atom. The summed E-state index contributed by atoms with van der Waals surface area (Å²) in [6.07, 6.45) is 21.8. The molecule has 14 atom stereocenters. The smallest absolute Gasteiger partial charge is 0.331 e. The van der Waals surface area contributed by atoms with Crippen molar-refractivity contribution in [1.29, 1.82) is 0 Å². The molecule has 0 radical (unpaired) electrons. The van der Waals surface area contributed by atoms with Gasteiger partial charge in [-0.1, -0.05) is 117 Å². The third-order valence-electron chi connectivity index (χ3n) is 19.4. The molecule has 0 unspecified atom stereocenters. The number of ether oxygens (including phenoxy) is 8. The molecule has 6 aliphatic heterocycles.